The van der Waals surface area contributed by atoms with Gasteiger partial charge >= 0.3 is 0 Å². The zero-order valence-corrected chi connectivity index (χ0v) is 11.1. The predicted molar refractivity (Wildman–Crippen MR) is 65.6 cm³/mol. The van der Waals surface area contributed by atoms with Crippen molar-refractivity contribution in [1.82, 2.24) is 0 Å². The molecule has 0 aliphatic heterocycles. The number of hydrogen-bond donors (Lipinski definition) is 0. The summed E-state index contributed by atoms with van der Waals surface area (Å²) in [7, 11) is 0. The summed E-state index contributed by atoms with van der Waals surface area (Å²) in [6, 6.07) is 0.246. The van der Waals surface area contributed by atoms with Gasteiger partial charge in [0.25, 0.3) is 0 Å². The van der Waals surface area contributed by atoms with E-state index in [-0.39, 0.29) is 29.7 Å². The first kappa shape index (κ1) is 14.1. The van der Waals surface area contributed by atoms with Gasteiger partial charge in [0.1, 0.15) is 0 Å². The molecule has 1 aromatic rings. The van der Waals surface area contributed by atoms with Crippen molar-refractivity contribution in [2.45, 2.75) is 27.2 Å². The molecule has 0 amide bonds. The van der Waals surface area contributed by atoms with E-state index in [4.69, 9.17) is 0 Å². The number of rotatable bonds is 3. The fourth-order valence-electron chi connectivity index (χ4n) is 2.79. The highest BCUT2D eigenvalue weighted by Crippen LogP contribution is 2.60. The van der Waals surface area contributed by atoms with Gasteiger partial charge in [-0.25, -0.2) is 17.6 Å². The second-order valence-electron chi connectivity index (χ2n) is 5.63. The van der Waals surface area contributed by atoms with Crippen molar-refractivity contribution in [1.29, 1.82) is 0 Å². The van der Waals surface area contributed by atoms with Crippen LogP contribution in [0.1, 0.15) is 26.3 Å². The molecule has 0 aromatic heterocycles. The standard InChI is InChI=1S/C15H16F4/c1-4-5-9-10(15(9,2)3)6-8-13(18)11(16)7-12(17)14(8)19/h4-5,7,9-10H,6H2,1-3H3. The van der Waals surface area contributed by atoms with E-state index < -0.39 is 28.8 Å². The summed E-state index contributed by atoms with van der Waals surface area (Å²) < 4.78 is 53.5. The van der Waals surface area contributed by atoms with Gasteiger partial charge in [-0.05, 0) is 30.6 Å². The molecular formula is C15H16F4. The van der Waals surface area contributed by atoms with E-state index in [1.807, 2.05) is 32.9 Å². The summed E-state index contributed by atoms with van der Waals surface area (Å²) in [6.45, 7) is 5.83. The van der Waals surface area contributed by atoms with E-state index in [0.717, 1.165) is 0 Å². The quantitative estimate of drug-likeness (QED) is 0.427. The van der Waals surface area contributed by atoms with Gasteiger partial charge in [-0.15, -0.1) is 0 Å². The molecule has 2 rings (SSSR count). The normalized spacial score (nSPS) is 25.0. The highest BCUT2D eigenvalue weighted by molar-refractivity contribution is 5.27. The van der Waals surface area contributed by atoms with Gasteiger partial charge in [0.15, 0.2) is 23.3 Å². The topological polar surface area (TPSA) is 0 Å². The Labute approximate surface area is 110 Å². The van der Waals surface area contributed by atoms with Gasteiger partial charge < -0.3 is 0 Å². The molecule has 0 bridgehead atoms. The number of allylic oxidation sites excluding steroid dienone is 2. The van der Waals surface area contributed by atoms with Crippen LogP contribution in [-0.2, 0) is 6.42 Å². The van der Waals surface area contributed by atoms with Gasteiger partial charge in [0, 0.05) is 11.6 Å². The average molecular weight is 272 g/mol. The fraction of sp³-hybridized carbons (Fsp3) is 0.467. The van der Waals surface area contributed by atoms with E-state index >= 15 is 0 Å². The lowest BCUT2D eigenvalue weighted by Crippen LogP contribution is -2.05. The zero-order chi connectivity index (χ0) is 14.4. The van der Waals surface area contributed by atoms with Crippen LogP contribution < -0.4 is 0 Å². The summed E-state index contributed by atoms with van der Waals surface area (Å²) in [5.41, 5.74) is -0.587. The van der Waals surface area contributed by atoms with Crippen molar-refractivity contribution in [3.8, 4) is 0 Å². The van der Waals surface area contributed by atoms with Crippen LogP contribution in [0.2, 0.25) is 0 Å². The summed E-state index contributed by atoms with van der Waals surface area (Å²) in [5, 5.41) is 0. The maximum Gasteiger partial charge on any atom is 0.165 e. The molecule has 1 aromatic carbocycles. The first-order valence-corrected chi connectivity index (χ1v) is 6.25. The Bertz CT molecular complexity index is 505. The number of benzene rings is 1. The molecule has 0 nitrogen and oxygen atoms in total. The van der Waals surface area contributed by atoms with Crippen LogP contribution in [0.4, 0.5) is 17.6 Å². The minimum absolute atomic E-state index is 0.00565. The Hall–Kier alpha value is -1.32. The summed E-state index contributed by atoms with van der Waals surface area (Å²) in [4.78, 5) is 0. The van der Waals surface area contributed by atoms with Gasteiger partial charge in [-0.2, -0.15) is 0 Å². The van der Waals surface area contributed by atoms with E-state index in [0.29, 0.717) is 0 Å². The lowest BCUT2D eigenvalue weighted by Gasteiger charge is -2.07. The third kappa shape index (κ3) is 2.28. The van der Waals surface area contributed by atoms with Crippen molar-refractivity contribution >= 4 is 0 Å². The molecule has 1 aliphatic carbocycles. The predicted octanol–water partition coefficient (Wildman–Crippen LogP) is 4.63. The Morgan fingerprint density at radius 2 is 1.63 bits per heavy atom. The molecule has 4 heteroatoms. The molecule has 0 spiro atoms. The Morgan fingerprint density at radius 3 is 2.11 bits per heavy atom. The minimum atomic E-state index is -1.34. The molecule has 0 N–H and O–H groups in total. The molecule has 0 radical (unpaired) electrons. The van der Waals surface area contributed by atoms with E-state index in [1.54, 1.807) is 0 Å². The van der Waals surface area contributed by atoms with E-state index in [9.17, 15) is 17.6 Å². The second kappa shape index (κ2) is 4.66. The van der Waals surface area contributed by atoms with Crippen LogP contribution in [0.15, 0.2) is 18.2 Å². The van der Waals surface area contributed by atoms with Crippen molar-refractivity contribution in [2.24, 2.45) is 17.3 Å². The largest absolute Gasteiger partial charge is 0.204 e. The molecule has 1 fully saturated rings. The first-order chi connectivity index (χ1) is 8.80. The number of hydrogen-bond acceptors (Lipinski definition) is 0. The van der Waals surface area contributed by atoms with Crippen LogP contribution in [0.5, 0.6) is 0 Å². The average Bonchev–Trinajstić information content (AvgIpc) is 2.84. The molecule has 0 saturated heterocycles. The smallest absolute Gasteiger partial charge is 0.165 e. The Balaban J connectivity index is 2.31. The molecule has 1 saturated carbocycles. The second-order valence-corrected chi connectivity index (χ2v) is 5.63. The van der Waals surface area contributed by atoms with Crippen LogP contribution >= 0.6 is 0 Å². The molecule has 2 atom stereocenters. The maximum atomic E-state index is 13.6. The van der Waals surface area contributed by atoms with Gasteiger partial charge in [0.05, 0.1) is 0 Å². The Kier molecular flexibility index (Phi) is 3.45. The van der Waals surface area contributed by atoms with E-state index in [2.05, 4.69) is 0 Å². The highest BCUT2D eigenvalue weighted by atomic mass is 19.2. The molecule has 19 heavy (non-hydrogen) atoms. The van der Waals surface area contributed by atoms with E-state index in [1.165, 1.54) is 0 Å². The van der Waals surface area contributed by atoms with Crippen molar-refractivity contribution < 1.29 is 17.6 Å². The lowest BCUT2D eigenvalue weighted by atomic mass is 10.0. The maximum absolute atomic E-state index is 13.6. The fourth-order valence-corrected chi connectivity index (χ4v) is 2.79. The molecule has 104 valence electrons. The van der Waals surface area contributed by atoms with Crippen molar-refractivity contribution in [2.75, 3.05) is 0 Å². The summed E-state index contributed by atoms with van der Waals surface area (Å²) >= 11 is 0. The Morgan fingerprint density at radius 1 is 1.11 bits per heavy atom. The summed E-state index contributed by atoms with van der Waals surface area (Å²) in [5.74, 6) is -5.05. The van der Waals surface area contributed by atoms with Gasteiger partial charge in [-0.3, -0.25) is 0 Å². The zero-order valence-electron chi connectivity index (χ0n) is 11.1. The highest BCUT2D eigenvalue weighted by Gasteiger charge is 2.55. The van der Waals surface area contributed by atoms with Crippen LogP contribution in [0.3, 0.4) is 0 Å². The third-order valence-corrected chi connectivity index (χ3v) is 4.17. The molecular weight excluding hydrogens is 256 g/mol. The van der Waals surface area contributed by atoms with Gasteiger partial charge in [0.2, 0.25) is 0 Å². The molecule has 0 heterocycles. The number of halogens is 4. The first-order valence-electron chi connectivity index (χ1n) is 6.25. The van der Waals surface area contributed by atoms with Crippen LogP contribution in [-0.4, -0.2) is 0 Å². The monoisotopic (exact) mass is 272 g/mol. The minimum Gasteiger partial charge on any atom is -0.204 e. The lowest BCUT2D eigenvalue weighted by molar-refractivity contribution is 0.429. The molecule has 2 unspecified atom stereocenters. The molecule has 1 aliphatic rings. The van der Waals surface area contributed by atoms with Gasteiger partial charge in [-0.1, -0.05) is 26.0 Å². The third-order valence-electron chi connectivity index (χ3n) is 4.17. The van der Waals surface area contributed by atoms with Crippen LogP contribution in [0, 0.1) is 40.5 Å². The SMILES string of the molecule is CC=CC1C(Cc2c(F)c(F)cc(F)c2F)C1(C)C. The van der Waals surface area contributed by atoms with Crippen molar-refractivity contribution in [3.05, 3.63) is 47.1 Å². The summed E-state index contributed by atoms with van der Waals surface area (Å²) in [6.07, 6.45) is 3.86. The van der Waals surface area contributed by atoms with Crippen molar-refractivity contribution in [3.63, 3.8) is 0 Å². The van der Waals surface area contributed by atoms with Crippen LogP contribution in [0.25, 0.3) is 0 Å².